The van der Waals surface area contributed by atoms with Crippen LogP contribution >= 0.6 is 12.1 Å². The Morgan fingerprint density at radius 2 is 0.260 bits per heavy atom. The first-order valence-electron chi connectivity index (χ1n) is 16.2. The molecule has 0 unspecified atom stereocenters. The van der Waals surface area contributed by atoms with Crippen molar-refractivity contribution in [1.82, 2.24) is 0 Å². The molecule has 50 heteroatoms. The summed E-state index contributed by atoms with van der Waals surface area (Å²) in [7, 11) is 5.25. The van der Waals surface area contributed by atoms with Gasteiger partial charge in [0.1, 0.15) is 0 Å². The summed E-state index contributed by atoms with van der Waals surface area (Å²) in [6.45, 7) is 92.1. The Morgan fingerprint density at radius 3 is 0.360 bits per heavy atom. The topological polar surface area (TPSA) is 0 Å². The van der Waals surface area contributed by atoms with E-state index in [4.69, 9.17) is 19.4 Å². The maximum atomic E-state index is 5.25. The van der Waals surface area contributed by atoms with Crippen molar-refractivity contribution in [3.63, 3.8) is 0 Å². The zero-order chi connectivity index (χ0) is 35.9. The van der Waals surface area contributed by atoms with Crippen LogP contribution in [0.1, 0.15) is 0 Å². The Morgan fingerprint density at radius 1 is 0.160 bits per heavy atom. The third-order valence-electron chi connectivity index (χ3n) is 5.19. The summed E-state index contributed by atoms with van der Waals surface area (Å²) in [6, 6.07) is 1.58. The molecule has 0 amide bonds. The number of hydrogen-bond donors (Lipinski definition) is 0. The molecule has 0 aromatic carbocycles. The van der Waals surface area contributed by atoms with E-state index >= 15 is 0 Å². The minimum absolute atomic E-state index is 1.50. The van der Waals surface area contributed by atoms with E-state index in [-0.39, 0.29) is 0 Å². The van der Waals surface area contributed by atoms with Crippen LogP contribution in [-0.2, 0) is 0 Å². The van der Waals surface area contributed by atoms with E-state index in [0.717, 1.165) is 0 Å². The summed E-state index contributed by atoms with van der Waals surface area (Å²) in [5, 5.41) is 0. The van der Waals surface area contributed by atoms with Crippen molar-refractivity contribution in [2.45, 2.75) is 0 Å². The van der Waals surface area contributed by atoms with Crippen molar-refractivity contribution < 1.29 is 0 Å². The van der Waals surface area contributed by atoms with Crippen LogP contribution in [0.2, 0.25) is 0 Å². The van der Waals surface area contributed by atoms with Gasteiger partial charge < -0.3 is 0 Å². The predicted octanol–water partition coefficient (Wildman–Crippen LogP) is -18.0. The van der Waals surface area contributed by atoms with Crippen LogP contribution in [0.3, 0.4) is 0 Å². The molecule has 0 aromatic heterocycles. The molecular formula is B49S. The van der Waals surface area contributed by atoms with Gasteiger partial charge in [-0.25, -0.2) is 0 Å². The van der Waals surface area contributed by atoms with Gasteiger partial charge in [-0.2, -0.15) is 0 Å². The molecule has 0 aliphatic rings. The Balaban J connectivity index is 4.05. The van der Waals surface area contributed by atoms with Gasteiger partial charge in [0.2, 0.25) is 0 Å². The Labute approximate surface area is 337 Å². The van der Waals surface area contributed by atoms with Crippen molar-refractivity contribution in [3.05, 3.63) is 0 Å². The average molecular weight is 562 g/mol. The van der Waals surface area contributed by atoms with Crippen LogP contribution in [-0.4, -0.2) is 328 Å². The first kappa shape index (κ1) is 53.4. The number of rotatable bonds is 24. The molecule has 0 heterocycles. The molecule has 0 aliphatic carbocycles. The fourth-order valence-electron chi connectivity index (χ4n) is 2.93. The van der Waals surface area contributed by atoms with E-state index in [0.29, 0.717) is 0 Å². The van der Waals surface area contributed by atoms with Crippen LogP contribution in [0.15, 0.2) is 0 Å². The van der Waals surface area contributed by atoms with Gasteiger partial charge in [0.15, 0.2) is 0 Å². The van der Waals surface area contributed by atoms with Gasteiger partial charge in [-0.3, -0.25) is 0 Å². The SMILES string of the molecule is [B]=BB=BB=BB=BB=BB=BB=BB=BB=BB=BB=BB=BB=BB=BB=BB=BB=BB=BB=BB=BB=BB=BB=BB=BB=S. The molecule has 50 heavy (non-hydrogen) atoms. The third-order valence-corrected chi connectivity index (χ3v) is 5.35. The van der Waals surface area contributed by atoms with Gasteiger partial charge in [-0.05, 0) is 0 Å². The second-order valence-corrected chi connectivity index (χ2v) is 9.45. The van der Waals surface area contributed by atoms with Crippen LogP contribution < -0.4 is 0 Å². The van der Waals surface area contributed by atoms with Crippen molar-refractivity contribution in [1.29, 1.82) is 0 Å². The van der Waals surface area contributed by atoms with Gasteiger partial charge in [0, 0.05) is 0 Å². The van der Waals surface area contributed by atoms with Crippen LogP contribution in [0.5, 0.6) is 0 Å². The summed E-state index contributed by atoms with van der Waals surface area (Å²) >= 11 is 4.71. The van der Waals surface area contributed by atoms with Gasteiger partial charge in [-0.1, -0.05) is 0 Å². The van der Waals surface area contributed by atoms with Crippen LogP contribution in [0.25, 0.3) is 0 Å². The molecular weight excluding hydrogens is 562 g/mol. The zero-order valence-corrected chi connectivity index (χ0v) is 29.5. The summed E-state index contributed by atoms with van der Waals surface area (Å²) in [5.74, 6) is 0. The summed E-state index contributed by atoms with van der Waals surface area (Å²) in [4.78, 5) is 0. The molecule has 0 atom stereocenters. The van der Waals surface area contributed by atoms with Crippen molar-refractivity contribution in [2.24, 2.45) is 0 Å². The third kappa shape index (κ3) is 51.4. The Hall–Kier alpha value is 3.40. The first-order valence-corrected chi connectivity index (χ1v) is 16.7. The molecule has 0 saturated heterocycles. The fraction of sp³-hybridized carbons (Fsp3) is 0. The molecule has 153 valence electrons. The van der Waals surface area contributed by atoms with Crippen LogP contribution in [0.4, 0.5) is 0 Å². The van der Waals surface area contributed by atoms with Gasteiger partial charge in [0.25, 0.3) is 0 Å². The van der Waals surface area contributed by atoms with Gasteiger partial charge >= 0.3 is 340 Å². The van der Waals surface area contributed by atoms with E-state index in [1.54, 1.807) is 12.7 Å². The summed E-state index contributed by atoms with van der Waals surface area (Å²) < 4.78 is 0. The van der Waals surface area contributed by atoms with Gasteiger partial charge in [0.05, 0.1) is 0 Å². The monoisotopic (exact) mass is 571 g/mol. The molecule has 0 bridgehead atoms. The maximum absolute atomic E-state index is 5.25. The molecule has 0 saturated carbocycles. The quantitative estimate of drug-likeness (QED) is 0.106. The summed E-state index contributed by atoms with van der Waals surface area (Å²) in [6.07, 6.45) is 0. The minimum atomic E-state index is 1.50. The van der Waals surface area contributed by atoms with Crippen molar-refractivity contribution in [2.75, 3.05) is 0 Å². The van der Waals surface area contributed by atoms with E-state index < -0.39 is 0 Å². The van der Waals surface area contributed by atoms with Gasteiger partial charge in [-0.15, -0.1) is 0 Å². The predicted molar refractivity (Wildman–Crippen MR) is 290 cm³/mol. The second kappa shape index (κ2) is 52.4. The molecule has 0 aromatic rings. The second-order valence-electron chi connectivity index (χ2n) is 9.18. The van der Waals surface area contributed by atoms with E-state index in [1.807, 2.05) is 301 Å². The Bertz CT molecular complexity index is 1470. The van der Waals surface area contributed by atoms with Crippen LogP contribution in [0, 0.1) is 0 Å². The molecule has 1 radical (unpaired) electrons. The molecule has 0 fully saturated rings. The molecule has 0 spiro atoms. The van der Waals surface area contributed by atoms with E-state index in [9.17, 15) is 0 Å². The molecule has 0 rings (SSSR count). The molecule has 0 N–H and O–H groups in total. The van der Waals surface area contributed by atoms with E-state index in [1.165, 1.54) is 6.69 Å². The average Bonchev–Trinajstić information content (AvgIpc) is 3.13. The molecule has 0 nitrogen and oxygen atoms in total. The molecule has 0 aliphatic heterocycles. The standard InChI is InChI=1S/B49S/c1-2-3-4-5-6-7-8-9-10-11-12-13-14-15-16-17-18-19-20-21-22-23-24-25-26-27-28-29-30-31-32-33-34-35-36-37-38-39-40-41-42-43-44-45-46-47-48-49-50. The first-order chi connectivity index (χ1) is 24.9. The number of hydrogen-bond acceptors (Lipinski definition) is 1. The van der Waals surface area contributed by atoms with E-state index in [2.05, 4.69) is 0 Å². The normalized spacial score (nSPS) is 7.58. The van der Waals surface area contributed by atoms with Crippen molar-refractivity contribution in [3.8, 4) is 0 Å². The summed E-state index contributed by atoms with van der Waals surface area (Å²) in [5.41, 5.74) is 0. The zero-order valence-electron chi connectivity index (χ0n) is 28.7. The fourth-order valence-corrected chi connectivity index (χ4v) is 3.02. The Kier molecular flexibility index (Phi) is 56.0. The van der Waals surface area contributed by atoms with Crippen molar-refractivity contribution >= 4 is 340 Å².